The number of amides is 1. The summed E-state index contributed by atoms with van der Waals surface area (Å²) in [5.41, 5.74) is 4.80. The molecule has 1 aliphatic carbocycles. The summed E-state index contributed by atoms with van der Waals surface area (Å²) in [5, 5.41) is 23.8. The molecule has 1 aliphatic rings. The Morgan fingerprint density at radius 1 is 0.905 bits per heavy atom. The molecule has 218 valence electrons. The number of hydrogen-bond acceptors (Lipinski definition) is 9. The molecule has 5 rings (SSSR count). The number of esters is 1. The van der Waals surface area contributed by atoms with Crippen LogP contribution in [-0.2, 0) is 16.1 Å². The number of benzene rings is 3. The molecule has 0 radical (unpaired) electrons. The van der Waals surface area contributed by atoms with E-state index in [2.05, 4.69) is 22.2 Å². The smallest absolute Gasteiger partial charge is 0.407 e. The standard InChI is InChI=1S/C32H31NO9/c1-38-29-15-19(11-13-27(29)40-17-20-12-14-28(42-20)31(36)39-2)30(35)26(34)16-33-32(37)41-18-25-23-9-5-3-7-21(23)22-8-4-6-10-24(22)25/h3-15,25-26,30,34-35H,16-18H2,1-2H3,(H,33,37). The van der Waals surface area contributed by atoms with E-state index in [1.807, 2.05) is 36.4 Å². The Labute approximate surface area is 242 Å². The van der Waals surface area contributed by atoms with E-state index in [0.717, 1.165) is 22.3 Å². The second-order valence-electron chi connectivity index (χ2n) is 9.68. The molecular weight excluding hydrogens is 542 g/mol. The number of aliphatic hydroxyl groups is 2. The third-order valence-corrected chi connectivity index (χ3v) is 7.11. The van der Waals surface area contributed by atoms with Gasteiger partial charge in [0.1, 0.15) is 31.2 Å². The van der Waals surface area contributed by atoms with Crippen molar-refractivity contribution in [2.24, 2.45) is 0 Å². The Morgan fingerprint density at radius 2 is 1.60 bits per heavy atom. The minimum absolute atomic E-state index is 0.0158. The molecule has 4 aromatic rings. The summed E-state index contributed by atoms with van der Waals surface area (Å²) in [6.45, 7) is -0.0828. The number of aliphatic hydroxyl groups excluding tert-OH is 2. The Bertz CT molecular complexity index is 1520. The first-order valence-corrected chi connectivity index (χ1v) is 13.3. The summed E-state index contributed by atoms with van der Waals surface area (Å²) >= 11 is 0. The van der Waals surface area contributed by atoms with Crippen molar-refractivity contribution in [1.29, 1.82) is 0 Å². The van der Waals surface area contributed by atoms with Crippen LogP contribution in [0.15, 0.2) is 83.3 Å². The van der Waals surface area contributed by atoms with Gasteiger partial charge in [-0.3, -0.25) is 0 Å². The van der Waals surface area contributed by atoms with Crippen molar-refractivity contribution in [2.75, 3.05) is 27.4 Å². The van der Waals surface area contributed by atoms with E-state index >= 15 is 0 Å². The Morgan fingerprint density at radius 3 is 2.26 bits per heavy atom. The number of fused-ring (bicyclic) bond motifs is 3. The first-order valence-electron chi connectivity index (χ1n) is 13.3. The van der Waals surface area contributed by atoms with Crippen LogP contribution in [0.1, 0.15) is 45.0 Å². The molecule has 0 saturated heterocycles. The van der Waals surface area contributed by atoms with Crippen LogP contribution < -0.4 is 14.8 Å². The van der Waals surface area contributed by atoms with Crippen LogP contribution in [0.25, 0.3) is 11.1 Å². The van der Waals surface area contributed by atoms with Crippen LogP contribution >= 0.6 is 0 Å². The van der Waals surface area contributed by atoms with Gasteiger partial charge >= 0.3 is 12.1 Å². The Hall–Kier alpha value is -4.80. The van der Waals surface area contributed by atoms with Crippen LogP contribution in [0.5, 0.6) is 11.5 Å². The Balaban J connectivity index is 1.13. The van der Waals surface area contributed by atoms with Gasteiger partial charge in [-0.2, -0.15) is 0 Å². The SMILES string of the molecule is COC(=O)c1ccc(COc2ccc(C(O)C(O)CNC(=O)OCC3c4ccccc4-c4ccccc43)cc2OC)o1. The highest BCUT2D eigenvalue weighted by molar-refractivity contribution is 5.86. The highest BCUT2D eigenvalue weighted by Crippen LogP contribution is 2.44. The molecule has 1 amide bonds. The minimum Gasteiger partial charge on any atom is -0.493 e. The van der Waals surface area contributed by atoms with Crippen molar-refractivity contribution < 1.29 is 43.2 Å². The van der Waals surface area contributed by atoms with E-state index < -0.39 is 24.3 Å². The van der Waals surface area contributed by atoms with Gasteiger partial charge in [-0.25, -0.2) is 9.59 Å². The predicted octanol–water partition coefficient (Wildman–Crippen LogP) is 4.59. The monoisotopic (exact) mass is 573 g/mol. The molecule has 0 spiro atoms. The molecule has 0 aliphatic heterocycles. The minimum atomic E-state index is -1.32. The van der Waals surface area contributed by atoms with Gasteiger partial charge in [0, 0.05) is 12.5 Å². The number of furan rings is 1. The number of hydrogen-bond donors (Lipinski definition) is 3. The van der Waals surface area contributed by atoms with E-state index in [9.17, 15) is 19.8 Å². The number of alkyl carbamates (subject to hydrolysis) is 1. The lowest BCUT2D eigenvalue weighted by Gasteiger charge is -2.20. The zero-order valence-corrected chi connectivity index (χ0v) is 23.1. The Kier molecular flexibility index (Phi) is 8.75. The van der Waals surface area contributed by atoms with E-state index in [1.54, 1.807) is 18.2 Å². The number of carbonyl (C=O) groups is 2. The molecule has 3 aromatic carbocycles. The summed E-state index contributed by atoms with van der Waals surface area (Å²) in [6, 6.07) is 23.8. The topological polar surface area (TPSA) is 137 Å². The van der Waals surface area contributed by atoms with Crippen molar-refractivity contribution in [3.05, 3.63) is 107 Å². The average Bonchev–Trinajstić information content (AvgIpc) is 3.63. The number of ether oxygens (including phenoxy) is 4. The lowest BCUT2D eigenvalue weighted by atomic mass is 9.98. The van der Waals surface area contributed by atoms with Gasteiger partial charge in [-0.15, -0.1) is 0 Å². The van der Waals surface area contributed by atoms with Crippen molar-refractivity contribution >= 4 is 12.1 Å². The summed E-state index contributed by atoms with van der Waals surface area (Å²) < 4.78 is 26.6. The van der Waals surface area contributed by atoms with Gasteiger partial charge in [0.25, 0.3) is 0 Å². The van der Waals surface area contributed by atoms with Gasteiger partial charge < -0.3 is 38.9 Å². The van der Waals surface area contributed by atoms with Gasteiger partial charge in [0.2, 0.25) is 5.76 Å². The van der Waals surface area contributed by atoms with Crippen LogP contribution in [0.2, 0.25) is 0 Å². The third-order valence-electron chi connectivity index (χ3n) is 7.11. The largest absolute Gasteiger partial charge is 0.493 e. The molecule has 1 aromatic heterocycles. The van der Waals surface area contributed by atoms with Gasteiger partial charge in [0.05, 0.1) is 14.2 Å². The summed E-state index contributed by atoms with van der Waals surface area (Å²) in [4.78, 5) is 24.0. The fourth-order valence-corrected chi connectivity index (χ4v) is 4.97. The van der Waals surface area contributed by atoms with Crippen LogP contribution in [0, 0.1) is 0 Å². The third kappa shape index (κ3) is 6.09. The molecule has 1 heterocycles. The zero-order valence-electron chi connectivity index (χ0n) is 23.1. The fourth-order valence-electron chi connectivity index (χ4n) is 4.97. The molecule has 2 unspecified atom stereocenters. The average molecular weight is 574 g/mol. The lowest BCUT2D eigenvalue weighted by Crippen LogP contribution is -2.36. The van der Waals surface area contributed by atoms with Crippen LogP contribution in [-0.4, -0.2) is 55.8 Å². The first kappa shape index (κ1) is 28.7. The molecule has 10 heteroatoms. The molecule has 0 bridgehead atoms. The molecule has 2 atom stereocenters. The quantitative estimate of drug-likeness (QED) is 0.220. The van der Waals surface area contributed by atoms with Gasteiger partial charge in [-0.05, 0) is 52.1 Å². The molecule has 0 fully saturated rings. The normalized spacial score (nSPS) is 13.4. The van der Waals surface area contributed by atoms with E-state index in [0.29, 0.717) is 22.8 Å². The zero-order chi connectivity index (χ0) is 29.6. The van der Waals surface area contributed by atoms with Crippen molar-refractivity contribution in [3.63, 3.8) is 0 Å². The number of carbonyl (C=O) groups excluding carboxylic acids is 2. The maximum Gasteiger partial charge on any atom is 0.407 e. The number of rotatable bonds is 11. The van der Waals surface area contributed by atoms with Crippen molar-refractivity contribution in [3.8, 4) is 22.6 Å². The van der Waals surface area contributed by atoms with E-state index in [-0.39, 0.29) is 31.4 Å². The molecule has 0 saturated carbocycles. The fraction of sp³-hybridized carbons (Fsp3) is 0.250. The van der Waals surface area contributed by atoms with E-state index in [4.69, 9.17) is 18.6 Å². The number of methoxy groups -OCH3 is 2. The molecule has 10 nitrogen and oxygen atoms in total. The van der Waals surface area contributed by atoms with E-state index in [1.165, 1.54) is 26.4 Å². The lowest BCUT2D eigenvalue weighted by molar-refractivity contribution is 0.0184. The summed E-state index contributed by atoms with van der Waals surface area (Å²) in [7, 11) is 2.70. The molecule has 3 N–H and O–H groups in total. The van der Waals surface area contributed by atoms with Crippen molar-refractivity contribution in [2.45, 2.75) is 24.7 Å². The predicted molar refractivity (Wildman–Crippen MR) is 151 cm³/mol. The maximum absolute atomic E-state index is 12.5. The van der Waals surface area contributed by atoms with Gasteiger partial charge in [0.15, 0.2) is 11.5 Å². The molecular formula is C32H31NO9. The first-order chi connectivity index (χ1) is 20.4. The second kappa shape index (κ2) is 12.8. The highest BCUT2D eigenvalue weighted by Gasteiger charge is 2.29. The van der Waals surface area contributed by atoms with Crippen LogP contribution in [0.4, 0.5) is 4.79 Å². The molecule has 42 heavy (non-hydrogen) atoms. The number of nitrogens with one attached hydrogen (secondary N) is 1. The highest BCUT2D eigenvalue weighted by atomic mass is 16.6. The summed E-state index contributed by atoms with van der Waals surface area (Å²) in [6.07, 6.45) is -3.34. The van der Waals surface area contributed by atoms with Crippen molar-refractivity contribution in [1.82, 2.24) is 5.32 Å². The summed E-state index contributed by atoms with van der Waals surface area (Å²) in [5.74, 6) is 0.440. The maximum atomic E-state index is 12.5. The van der Waals surface area contributed by atoms with Crippen LogP contribution in [0.3, 0.4) is 0 Å². The second-order valence-corrected chi connectivity index (χ2v) is 9.68. The van der Waals surface area contributed by atoms with Gasteiger partial charge in [-0.1, -0.05) is 54.6 Å².